The quantitative estimate of drug-likeness (QED) is 0.755. The van der Waals surface area contributed by atoms with Crippen LogP contribution in [-0.4, -0.2) is 61.6 Å². The van der Waals surface area contributed by atoms with Crippen LogP contribution in [0, 0.1) is 0 Å². The first-order chi connectivity index (χ1) is 9.66. The van der Waals surface area contributed by atoms with Gasteiger partial charge in [0, 0.05) is 32.1 Å². The number of carbonyl (C=O) groups is 2. The molecule has 2 N–H and O–H groups in total. The van der Waals surface area contributed by atoms with Crippen LogP contribution in [0.4, 0.5) is 0 Å². The molecule has 0 aromatic carbocycles. The fourth-order valence-corrected chi connectivity index (χ4v) is 2.73. The van der Waals surface area contributed by atoms with Crippen molar-refractivity contribution in [2.75, 3.05) is 32.8 Å². The zero-order valence-electron chi connectivity index (χ0n) is 12.2. The number of amides is 2. The fraction of sp³-hybridized carbons (Fsp3) is 0.857. The van der Waals surface area contributed by atoms with Crippen LogP contribution in [-0.2, 0) is 14.3 Å². The van der Waals surface area contributed by atoms with Crippen molar-refractivity contribution in [2.24, 2.45) is 0 Å². The lowest BCUT2D eigenvalue weighted by Crippen LogP contribution is -2.50. The molecular weight excluding hydrogens is 258 g/mol. The van der Waals surface area contributed by atoms with E-state index in [1.54, 1.807) is 4.90 Å². The first kappa shape index (κ1) is 15.3. The highest BCUT2D eigenvalue weighted by Crippen LogP contribution is 2.12. The van der Waals surface area contributed by atoms with Crippen molar-refractivity contribution in [2.45, 2.75) is 44.7 Å². The van der Waals surface area contributed by atoms with E-state index in [9.17, 15) is 9.59 Å². The van der Waals surface area contributed by atoms with Gasteiger partial charge in [-0.3, -0.25) is 9.59 Å². The van der Waals surface area contributed by atoms with Gasteiger partial charge in [0.25, 0.3) is 0 Å². The van der Waals surface area contributed by atoms with Crippen LogP contribution < -0.4 is 10.6 Å². The summed E-state index contributed by atoms with van der Waals surface area (Å²) in [7, 11) is 0. The molecule has 2 amide bonds. The summed E-state index contributed by atoms with van der Waals surface area (Å²) in [6.45, 7) is 5.07. The van der Waals surface area contributed by atoms with Crippen molar-refractivity contribution in [3.05, 3.63) is 0 Å². The minimum absolute atomic E-state index is 0.0197. The van der Waals surface area contributed by atoms with Crippen LogP contribution >= 0.6 is 0 Å². The minimum Gasteiger partial charge on any atom is -0.378 e. The first-order valence-corrected chi connectivity index (χ1v) is 7.56. The van der Waals surface area contributed by atoms with Crippen molar-refractivity contribution in [3.63, 3.8) is 0 Å². The van der Waals surface area contributed by atoms with Gasteiger partial charge in [-0.05, 0) is 26.2 Å². The standard InChI is InChI=1S/C14H25N3O3/c1-11-3-2-4-12(16-11)14(19)15-6-5-13(18)17-7-9-20-10-8-17/h11-12,16H,2-10H2,1H3,(H,15,19). The Morgan fingerprint density at radius 2 is 2.05 bits per heavy atom. The molecule has 2 aliphatic rings. The summed E-state index contributed by atoms with van der Waals surface area (Å²) < 4.78 is 5.21. The van der Waals surface area contributed by atoms with Crippen LogP contribution in [0.2, 0.25) is 0 Å². The maximum atomic E-state index is 12.0. The van der Waals surface area contributed by atoms with Crippen LogP contribution in [0.3, 0.4) is 0 Å². The first-order valence-electron chi connectivity index (χ1n) is 7.56. The van der Waals surface area contributed by atoms with Crippen molar-refractivity contribution in [1.29, 1.82) is 0 Å². The Kier molecular flexibility index (Phi) is 5.79. The molecule has 0 bridgehead atoms. The third-order valence-electron chi connectivity index (χ3n) is 3.93. The summed E-state index contributed by atoms with van der Waals surface area (Å²) in [5.41, 5.74) is 0. The molecule has 2 atom stereocenters. The maximum absolute atomic E-state index is 12.0. The zero-order valence-corrected chi connectivity index (χ0v) is 12.2. The number of rotatable bonds is 4. The Hall–Kier alpha value is -1.14. The van der Waals surface area contributed by atoms with E-state index in [1.165, 1.54) is 0 Å². The predicted molar refractivity (Wildman–Crippen MR) is 75.3 cm³/mol. The topological polar surface area (TPSA) is 70.7 Å². The van der Waals surface area contributed by atoms with E-state index in [0.29, 0.717) is 45.3 Å². The molecule has 2 aliphatic heterocycles. The number of ether oxygens (including phenoxy) is 1. The number of nitrogens with one attached hydrogen (secondary N) is 2. The van der Waals surface area contributed by atoms with Gasteiger partial charge in [0.05, 0.1) is 19.3 Å². The highest BCUT2D eigenvalue weighted by atomic mass is 16.5. The number of carbonyl (C=O) groups excluding carboxylic acids is 2. The Labute approximate surface area is 120 Å². The van der Waals surface area contributed by atoms with Gasteiger partial charge in [0.2, 0.25) is 11.8 Å². The highest BCUT2D eigenvalue weighted by Gasteiger charge is 2.24. The smallest absolute Gasteiger partial charge is 0.237 e. The Balaban J connectivity index is 1.64. The third kappa shape index (κ3) is 4.45. The second-order valence-corrected chi connectivity index (χ2v) is 5.59. The lowest BCUT2D eigenvalue weighted by molar-refractivity contribution is -0.135. The average Bonchev–Trinajstić information content (AvgIpc) is 2.48. The Morgan fingerprint density at radius 1 is 1.30 bits per heavy atom. The number of piperidine rings is 1. The van der Waals surface area contributed by atoms with E-state index in [4.69, 9.17) is 4.74 Å². The average molecular weight is 283 g/mol. The van der Waals surface area contributed by atoms with Crippen LogP contribution in [0.1, 0.15) is 32.6 Å². The van der Waals surface area contributed by atoms with Gasteiger partial charge in [0.1, 0.15) is 0 Å². The molecule has 0 aromatic rings. The predicted octanol–water partition coefficient (Wildman–Crippen LogP) is -0.118. The van der Waals surface area contributed by atoms with Gasteiger partial charge in [-0.15, -0.1) is 0 Å². The minimum atomic E-state index is -0.0998. The summed E-state index contributed by atoms with van der Waals surface area (Å²) in [6.07, 6.45) is 3.46. The molecule has 0 saturated carbocycles. The number of nitrogens with zero attached hydrogens (tertiary/aromatic N) is 1. The summed E-state index contributed by atoms with van der Waals surface area (Å²) in [5, 5.41) is 6.16. The molecule has 2 rings (SSSR count). The molecule has 20 heavy (non-hydrogen) atoms. The normalized spacial score (nSPS) is 27.1. The Morgan fingerprint density at radius 3 is 2.75 bits per heavy atom. The van der Waals surface area contributed by atoms with Gasteiger partial charge in [-0.25, -0.2) is 0 Å². The second-order valence-electron chi connectivity index (χ2n) is 5.59. The van der Waals surface area contributed by atoms with Gasteiger partial charge in [0.15, 0.2) is 0 Å². The van der Waals surface area contributed by atoms with Crippen molar-refractivity contribution >= 4 is 11.8 Å². The van der Waals surface area contributed by atoms with E-state index in [1.807, 2.05) is 0 Å². The molecule has 2 saturated heterocycles. The molecule has 0 spiro atoms. The Bertz CT molecular complexity index is 343. The lowest BCUT2D eigenvalue weighted by atomic mass is 9.99. The van der Waals surface area contributed by atoms with Crippen LogP contribution in [0.5, 0.6) is 0 Å². The molecule has 114 valence electrons. The summed E-state index contributed by atoms with van der Waals surface area (Å²) in [5.74, 6) is 0.116. The van der Waals surface area contributed by atoms with E-state index in [2.05, 4.69) is 17.6 Å². The molecule has 2 heterocycles. The largest absolute Gasteiger partial charge is 0.378 e. The summed E-state index contributed by atoms with van der Waals surface area (Å²) in [4.78, 5) is 25.7. The lowest BCUT2D eigenvalue weighted by Gasteiger charge is -2.28. The molecule has 0 aromatic heterocycles. The molecule has 0 radical (unpaired) electrons. The van der Waals surface area contributed by atoms with Gasteiger partial charge >= 0.3 is 0 Å². The maximum Gasteiger partial charge on any atom is 0.237 e. The summed E-state index contributed by atoms with van der Waals surface area (Å²) in [6, 6.07) is 0.298. The summed E-state index contributed by atoms with van der Waals surface area (Å²) >= 11 is 0. The van der Waals surface area contributed by atoms with Gasteiger partial charge in [-0.2, -0.15) is 0 Å². The monoisotopic (exact) mass is 283 g/mol. The molecule has 0 aliphatic carbocycles. The van der Waals surface area contributed by atoms with Crippen molar-refractivity contribution in [1.82, 2.24) is 15.5 Å². The van der Waals surface area contributed by atoms with Crippen LogP contribution in [0.25, 0.3) is 0 Å². The zero-order chi connectivity index (χ0) is 14.4. The number of morpholine rings is 1. The highest BCUT2D eigenvalue weighted by molar-refractivity contribution is 5.83. The fourth-order valence-electron chi connectivity index (χ4n) is 2.73. The SMILES string of the molecule is CC1CCCC(C(=O)NCCC(=O)N2CCOCC2)N1. The van der Waals surface area contributed by atoms with Crippen molar-refractivity contribution in [3.8, 4) is 0 Å². The molecular formula is C14H25N3O3. The van der Waals surface area contributed by atoms with Crippen LogP contribution in [0.15, 0.2) is 0 Å². The van der Waals surface area contributed by atoms with E-state index < -0.39 is 0 Å². The third-order valence-corrected chi connectivity index (χ3v) is 3.93. The number of hydrogen-bond acceptors (Lipinski definition) is 4. The van der Waals surface area contributed by atoms with Crippen molar-refractivity contribution < 1.29 is 14.3 Å². The van der Waals surface area contributed by atoms with E-state index in [-0.39, 0.29) is 17.9 Å². The van der Waals surface area contributed by atoms with E-state index in [0.717, 1.165) is 19.3 Å². The molecule has 2 unspecified atom stereocenters. The van der Waals surface area contributed by atoms with Gasteiger partial charge in [-0.1, -0.05) is 0 Å². The number of hydrogen-bond donors (Lipinski definition) is 2. The van der Waals surface area contributed by atoms with Gasteiger partial charge < -0.3 is 20.3 Å². The molecule has 6 heteroatoms. The molecule has 6 nitrogen and oxygen atoms in total. The van der Waals surface area contributed by atoms with E-state index >= 15 is 0 Å². The molecule has 2 fully saturated rings. The second kappa shape index (κ2) is 7.59.